The van der Waals surface area contributed by atoms with Gasteiger partial charge in [0.2, 0.25) is 5.91 Å². The predicted octanol–water partition coefficient (Wildman–Crippen LogP) is 0.631. The van der Waals surface area contributed by atoms with Gasteiger partial charge in [-0.05, 0) is 37.5 Å². The van der Waals surface area contributed by atoms with Crippen molar-refractivity contribution in [3.05, 3.63) is 23.8 Å². The fraction of sp³-hybridized carbons (Fsp3) is 0.474. The van der Waals surface area contributed by atoms with E-state index in [1.807, 2.05) is 0 Å². The number of morpholine rings is 1. The molecule has 1 atom stereocenters. The van der Waals surface area contributed by atoms with Gasteiger partial charge in [-0.3, -0.25) is 14.4 Å². The van der Waals surface area contributed by atoms with E-state index in [1.54, 1.807) is 0 Å². The first-order valence-electron chi connectivity index (χ1n) is 9.73. The third-order valence-corrected chi connectivity index (χ3v) is 5.07. The number of nitrogens with zero attached hydrogens (tertiary/aromatic N) is 1. The van der Waals surface area contributed by atoms with Crippen LogP contribution in [0, 0.1) is 0 Å². The van der Waals surface area contributed by atoms with Crippen LogP contribution < -0.4 is 26.6 Å². The summed E-state index contributed by atoms with van der Waals surface area (Å²) in [7, 11) is 0. The highest BCUT2D eigenvalue weighted by Gasteiger charge is 2.30. The Morgan fingerprint density at radius 2 is 1.97 bits per heavy atom. The Morgan fingerprint density at radius 3 is 2.55 bits per heavy atom. The van der Waals surface area contributed by atoms with Gasteiger partial charge in [0.05, 0.1) is 12.3 Å². The molecule has 2 fully saturated rings. The number of carbonyl (C=O) groups is 4. The van der Waals surface area contributed by atoms with E-state index in [2.05, 4.69) is 16.0 Å². The second-order valence-corrected chi connectivity index (χ2v) is 7.24. The first-order chi connectivity index (χ1) is 14.8. The van der Waals surface area contributed by atoms with Crippen LogP contribution in [0.4, 0.5) is 25.0 Å². The monoisotopic (exact) mass is 439 g/mol. The van der Waals surface area contributed by atoms with Gasteiger partial charge in [-0.1, -0.05) is 0 Å². The topological polar surface area (TPSA) is 143 Å². The number of alkyl halides is 2. The summed E-state index contributed by atoms with van der Waals surface area (Å²) in [5, 5.41) is 7.10. The molecule has 1 aromatic carbocycles. The molecule has 10 nitrogen and oxygen atoms in total. The van der Waals surface area contributed by atoms with Crippen molar-refractivity contribution in [2.45, 2.75) is 37.8 Å². The Labute approximate surface area is 176 Å². The van der Waals surface area contributed by atoms with Gasteiger partial charge >= 0.3 is 6.03 Å². The number of halogens is 2. The molecule has 0 unspecified atom stereocenters. The van der Waals surface area contributed by atoms with E-state index in [0.29, 0.717) is 0 Å². The molecule has 1 saturated heterocycles. The minimum atomic E-state index is -2.93. The standard InChI is InChI=1S/C19H23F2N5O5/c20-16(21)12-8-11(4-5-13(12)26-6-7-31-9-14(26)27)23-18(29)15(17(22)28)25-19(30)24-10-2-1-3-10/h4-5,8,10,15-16H,1-3,6-7,9H2,(H2,22,28)(H,23,29)(H2,24,25,30)/t15-/m1/s1. The van der Waals surface area contributed by atoms with Crippen LogP contribution >= 0.6 is 0 Å². The number of primary amides is 1. The molecular formula is C19H23F2N5O5. The largest absolute Gasteiger partial charge is 0.370 e. The lowest BCUT2D eigenvalue weighted by atomic mass is 9.93. The number of hydrogen-bond acceptors (Lipinski definition) is 5. The Bertz CT molecular complexity index is 877. The zero-order valence-electron chi connectivity index (χ0n) is 16.5. The van der Waals surface area contributed by atoms with E-state index in [1.165, 1.54) is 17.0 Å². The number of nitrogens with two attached hydrogens (primary N) is 1. The van der Waals surface area contributed by atoms with Crippen molar-refractivity contribution in [2.24, 2.45) is 5.73 Å². The average Bonchev–Trinajstić information content (AvgIpc) is 2.69. The molecule has 0 spiro atoms. The molecule has 3 rings (SSSR count). The van der Waals surface area contributed by atoms with Gasteiger partial charge in [-0.2, -0.15) is 0 Å². The van der Waals surface area contributed by atoms with Crippen LogP contribution in [0.25, 0.3) is 0 Å². The molecule has 0 radical (unpaired) electrons. The summed E-state index contributed by atoms with van der Waals surface area (Å²) in [6.07, 6.45) is -0.353. The van der Waals surface area contributed by atoms with E-state index in [9.17, 15) is 28.0 Å². The molecular weight excluding hydrogens is 416 g/mol. The van der Waals surface area contributed by atoms with Gasteiger partial charge in [0, 0.05) is 23.8 Å². The summed E-state index contributed by atoms with van der Waals surface area (Å²) < 4.78 is 32.3. The first-order valence-corrected chi connectivity index (χ1v) is 9.73. The SMILES string of the molecule is NC(=O)[C@@H](NC(=O)NC1CCC1)C(=O)Nc1ccc(N2CCOCC2=O)c(C(F)F)c1. The van der Waals surface area contributed by atoms with Crippen molar-refractivity contribution in [3.63, 3.8) is 0 Å². The van der Waals surface area contributed by atoms with Crippen molar-refractivity contribution in [1.29, 1.82) is 0 Å². The number of amides is 5. The molecule has 168 valence electrons. The first kappa shape index (κ1) is 22.4. The highest BCUT2D eigenvalue weighted by Crippen LogP contribution is 2.33. The Morgan fingerprint density at radius 1 is 1.23 bits per heavy atom. The maximum absolute atomic E-state index is 13.6. The Hall–Kier alpha value is -3.28. The van der Waals surface area contributed by atoms with Crippen LogP contribution in [0.1, 0.15) is 31.3 Å². The number of anilines is 2. The minimum Gasteiger partial charge on any atom is -0.370 e. The van der Waals surface area contributed by atoms with Crippen LogP contribution in [-0.4, -0.2) is 55.6 Å². The zero-order chi connectivity index (χ0) is 22.5. The Kier molecular flexibility index (Phi) is 7.00. The molecule has 0 aromatic heterocycles. The number of urea groups is 1. The molecule has 1 saturated carbocycles. The van der Waals surface area contributed by atoms with E-state index >= 15 is 0 Å². The van der Waals surface area contributed by atoms with Crippen LogP contribution in [-0.2, 0) is 19.1 Å². The number of hydrogen-bond donors (Lipinski definition) is 4. The van der Waals surface area contributed by atoms with Gasteiger partial charge in [0.15, 0.2) is 6.04 Å². The van der Waals surface area contributed by atoms with Gasteiger partial charge < -0.3 is 31.3 Å². The Balaban J connectivity index is 1.72. The molecule has 5 N–H and O–H groups in total. The quantitative estimate of drug-likeness (QED) is 0.461. The average molecular weight is 439 g/mol. The van der Waals surface area contributed by atoms with Gasteiger partial charge in [-0.15, -0.1) is 0 Å². The molecule has 31 heavy (non-hydrogen) atoms. The summed E-state index contributed by atoms with van der Waals surface area (Å²) >= 11 is 0. The van der Waals surface area contributed by atoms with Crippen LogP contribution in [0.5, 0.6) is 0 Å². The summed E-state index contributed by atoms with van der Waals surface area (Å²) in [6, 6.07) is 1.15. The van der Waals surface area contributed by atoms with Crippen molar-refractivity contribution in [3.8, 4) is 0 Å². The molecule has 1 heterocycles. The van der Waals surface area contributed by atoms with Gasteiger partial charge in [0.1, 0.15) is 6.61 Å². The second-order valence-electron chi connectivity index (χ2n) is 7.24. The maximum Gasteiger partial charge on any atom is 0.316 e. The van der Waals surface area contributed by atoms with Crippen LogP contribution in [0.3, 0.4) is 0 Å². The third kappa shape index (κ3) is 5.45. The highest BCUT2D eigenvalue weighted by atomic mass is 19.3. The lowest BCUT2D eigenvalue weighted by Crippen LogP contribution is -2.56. The molecule has 0 bridgehead atoms. The number of carbonyl (C=O) groups excluding carboxylic acids is 4. The second kappa shape index (κ2) is 9.69. The predicted molar refractivity (Wildman–Crippen MR) is 105 cm³/mol. The number of nitrogens with one attached hydrogen (secondary N) is 3. The highest BCUT2D eigenvalue weighted by molar-refractivity contribution is 6.11. The zero-order valence-corrected chi connectivity index (χ0v) is 16.5. The maximum atomic E-state index is 13.6. The number of benzene rings is 1. The number of ether oxygens (including phenoxy) is 1. The van der Waals surface area contributed by atoms with Gasteiger partial charge in [0.25, 0.3) is 18.2 Å². The molecule has 5 amide bonds. The molecule has 1 aliphatic heterocycles. The van der Waals surface area contributed by atoms with E-state index in [4.69, 9.17) is 10.5 Å². The molecule has 1 aliphatic carbocycles. The van der Waals surface area contributed by atoms with Crippen LogP contribution in [0.15, 0.2) is 18.2 Å². The fourth-order valence-corrected chi connectivity index (χ4v) is 3.22. The lowest BCUT2D eigenvalue weighted by molar-refractivity contribution is -0.128. The third-order valence-electron chi connectivity index (χ3n) is 5.07. The number of rotatable bonds is 7. The van der Waals surface area contributed by atoms with Crippen molar-refractivity contribution in [1.82, 2.24) is 10.6 Å². The summed E-state index contributed by atoms with van der Waals surface area (Å²) in [4.78, 5) is 49.2. The van der Waals surface area contributed by atoms with E-state index < -0.39 is 41.8 Å². The summed E-state index contributed by atoms with van der Waals surface area (Å²) in [5.41, 5.74) is 4.70. The smallest absolute Gasteiger partial charge is 0.316 e. The van der Waals surface area contributed by atoms with E-state index in [-0.39, 0.29) is 37.2 Å². The normalized spacial score (nSPS) is 17.6. The fourth-order valence-electron chi connectivity index (χ4n) is 3.22. The minimum absolute atomic E-state index is 0.00533. The van der Waals surface area contributed by atoms with E-state index in [0.717, 1.165) is 25.3 Å². The van der Waals surface area contributed by atoms with Crippen molar-refractivity contribution in [2.75, 3.05) is 30.0 Å². The molecule has 12 heteroatoms. The van der Waals surface area contributed by atoms with Crippen molar-refractivity contribution < 1.29 is 32.7 Å². The summed E-state index contributed by atoms with van der Waals surface area (Å²) in [6.45, 7) is 0.117. The van der Waals surface area contributed by atoms with Gasteiger partial charge in [-0.25, -0.2) is 13.6 Å². The lowest BCUT2D eigenvalue weighted by Gasteiger charge is -2.29. The van der Waals surface area contributed by atoms with Crippen molar-refractivity contribution >= 4 is 35.1 Å². The summed E-state index contributed by atoms with van der Waals surface area (Å²) in [5.74, 6) is -2.54. The van der Waals surface area contributed by atoms with Crippen LogP contribution in [0.2, 0.25) is 0 Å². The molecule has 1 aromatic rings. The molecule has 2 aliphatic rings.